The second kappa shape index (κ2) is 11.6. The Labute approximate surface area is 127 Å². The quantitative estimate of drug-likeness (QED) is 0.415. The van der Waals surface area contributed by atoms with E-state index in [1.54, 1.807) is 18.7 Å². The van der Waals surface area contributed by atoms with Crippen LogP contribution in [0.15, 0.2) is 0 Å². The van der Waals surface area contributed by atoms with E-state index in [9.17, 15) is 4.79 Å². The zero-order valence-corrected chi connectivity index (χ0v) is 14.8. The first-order valence-corrected chi connectivity index (χ1v) is 10.3. The van der Waals surface area contributed by atoms with Crippen LogP contribution in [0.1, 0.15) is 34.1 Å². The minimum Gasteiger partial charge on any atom is -0.481 e. The maximum atomic E-state index is 10.7. The predicted molar refractivity (Wildman–Crippen MR) is 84.2 cm³/mol. The minimum atomic E-state index is -2.52. The van der Waals surface area contributed by atoms with E-state index < -0.39 is 14.8 Å². The molecule has 120 valence electrons. The summed E-state index contributed by atoms with van der Waals surface area (Å²) in [5.74, 6) is 0.508. The maximum Gasteiger partial charge on any atom is 0.500 e. The third kappa shape index (κ3) is 8.26. The van der Waals surface area contributed by atoms with Gasteiger partial charge in [-0.1, -0.05) is 6.92 Å². The summed E-state index contributed by atoms with van der Waals surface area (Å²) in [4.78, 5) is 10.7. The standard InChI is InChI=1S/C13H28O5SSi/c1-5-16-20(17-6-2,18-7-3)10-8-9-19-11-12(4)13(14)15/h12H,5-11H2,1-4H3,(H,14,15). The number of rotatable bonds is 13. The molecule has 0 saturated heterocycles. The van der Waals surface area contributed by atoms with Gasteiger partial charge < -0.3 is 18.4 Å². The number of carbonyl (C=O) groups is 1. The fourth-order valence-corrected chi connectivity index (χ4v) is 5.60. The van der Waals surface area contributed by atoms with Crippen LogP contribution in [0.3, 0.4) is 0 Å². The molecule has 0 aromatic heterocycles. The molecule has 0 bridgehead atoms. The van der Waals surface area contributed by atoms with Gasteiger partial charge in [-0.2, -0.15) is 11.8 Å². The average Bonchev–Trinajstić information content (AvgIpc) is 2.39. The molecule has 0 aromatic carbocycles. The average molecular weight is 325 g/mol. The Balaban J connectivity index is 4.09. The van der Waals surface area contributed by atoms with E-state index in [1.165, 1.54) is 0 Å². The summed E-state index contributed by atoms with van der Waals surface area (Å²) in [5.41, 5.74) is 0. The fourth-order valence-electron chi connectivity index (χ4n) is 1.72. The molecule has 0 fully saturated rings. The van der Waals surface area contributed by atoms with Gasteiger partial charge >= 0.3 is 14.8 Å². The Bertz CT molecular complexity index is 248. The van der Waals surface area contributed by atoms with Crippen molar-refractivity contribution in [3.05, 3.63) is 0 Å². The molecule has 7 heteroatoms. The van der Waals surface area contributed by atoms with Crippen LogP contribution in [0.25, 0.3) is 0 Å². The van der Waals surface area contributed by atoms with Crippen LogP contribution in [0.2, 0.25) is 6.04 Å². The minimum absolute atomic E-state index is 0.298. The molecule has 0 saturated carbocycles. The van der Waals surface area contributed by atoms with Crippen LogP contribution in [0.4, 0.5) is 0 Å². The summed E-state index contributed by atoms with van der Waals surface area (Å²) in [5, 5.41) is 8.81. The maximum absolute atomic E-state index is 10.7. The lowest BCUT2D eigenvalue weighted by Crippen LogP contribution is -2.46. The van der Waals surface area contributed by atoms with Gasteiger partial charge in [0, 0.05) is 31.6 Å². The normalized spacial score (nSPS) is 13.4. The molecule has 20 heavy (non-hydrogen) atoms. The third-order valence-corrected chi connectivity index (χ3v) is 7.12. The van der Waals surface area contributed by atoms with Gasteiger partial charge in [0.05, 0.1) is 5.92 Å². The van der Waals surface area contributed by atoms with Gasteiger partial charge in [0.1, 0.15) is 0 Å². The highest BCUT2D eigenvalue weighted by molar-refractivity contribution is 7.99. The number of aliphatic carboxylic acids is 1. The van der Waals surface area contributed by atoms with Gasteiger partial charge in [-0.15, -0.1) is 0 Å². The van der Waals surface area contributed by atoms with Gasteiger partial charge in [0.2, 0.25) is 0 Å². The van der Waals surface area contributed by atoms with Gasteiger partial charge in [-0.3, -0.25) is 4.79 Å². The van der Waals surface area contributed by atoms with E-state index in [4.69, 9.17) is 18.4 Å². The SMILES string of the molecule is CCO[Si](CCCSCC(C)C(=O)O)(OCC)OCC. The largest absolute Gasteiger partial charge is 0.500 e. The molecule has 0 aromatic rings. The Morgan fingerprint density at radius 3 is 2.05 bits per heavy atom. The molecule has 0 spiro atoms. The van der Waals surface area contributed by atoms with E-state index in [0.717, 1.165) is 18.2 Å². The summed E-state index contributed by atoms with van der Waals surface area (Å²) in [7, 11) is -2.52. The molecule has 5 nitrogen and oxygen atoms in total. The molecular weight excluding hydrogens is 296 g/mol. The summed E-state index contributed by atoms with van der Waals surface area (Å²) >= 11 is 1.66. The molecule has 1 unspecified atom stereocenters. The monoisotopic (exact) mass is 324 g/mol. The summed E-state index contributed by atoms with van der Waals surface area (Å²) < 4.78 is 17.3. The summed E-state index contributed by atoms with van der Waals surface area (Å²) in [6.07, 6.45) is 0.920. The zero-order valence-electron chi connectivity index (χ0n) is 13.0. The molecule has 0 rings (SSSR count). The molecule has 0 heterocycles. The summed E-state index contributed by atoms with van der Waals surface area (Å²) in [6, 6.07) is 0.789. The van der Waals surface area contributed by atoms with Crippen molar-refractivity contribution >= 4 is 26.5 Å². The predicted octanol–water partition coefficient (Wildman–Crippen LogP) is 2.88. The topological polar surface area (TPSA) is 65.0 Å². The van der Waals surface area contributed by atoms with Gasteiger partial charge in [0.15, 0.2) is 0 Å². The van der Waals surface area contributed by atoms with E-state index >= 15 is 0 Å². The first-order chi connectivity index (χ1) is 9.51. The highest BCUT2D eigenvalue weighted by Gasteiger charge is 2.39. The molecule has 0 aliphatic heterocycles. The number of hydrogen-bond acceptors (Lipinski definition) is 5. The number of hydrogen-bond donors (Lipinski definition) is 1. The van der Waals surface area contributed by atoms with Crippen LogP contribution in [-0.2, 0) is 18.1 Å². The van der Waals surface area contributed by atoms with E-state index in [2.05, 4.69) is 0 Å². The molecule has 0 aliphatic rings. The van der Waals surface area contributed by atoms with Crippen molar-refractivity contribution in [1.29, 1.82) is 0 Å². The van der Waals surface area contributed by atoms with Crippen LogP contribution in [0, 0.1) is 5.92 Å². The van der Waals surface area contributed by atoms with Crippen molar-refractivity contribution < 1.29 is 23.2 Å². The van der Waals surface area contributed by atoms with Crippen LogP contribution < -0.4 is 0 Å². The summed E-state index contributed by atoms with van der Waals surface area (Å²) in [6.45, 7) is 9.35. The lowest BCUT2D eigenvalue weighted by Gasteiger charge is -2.28. The molecular formula is C13H28O5SSi. The molecule has 1 atom stereocenters. The van der Waals surface area contributed by atoms with Gasteiger partial charge in [0.25, 0.3) is 0 Å². The number of thioether (sulfide) groups is 1. The van der Waals surface area contributed by atoms with E-state index in [-0.39, 0.29) is 5.92 Å². The lowest BCUT2D eigenvalue weighted by molar-refractivity contribution is -0.140. The van der Waals surface area contributed by atoms with Crippen molar-refractivity contribution in [1.82, 2.24) is 0 Å². The lowest BCUT2D eigenvalue weighted by atomic mass is 10.2. The Kier molecular flexibility index (Phi) is 11.5. The van der Waals surface area contributed by atoms with Crippen LogP contribution >= 0.6 is 11.8 Å². The number of carboxylic acids is 1. The van der Waals surface area contributed by atoms with Crippen molar-refractivity contribution in [2.75, 3.05) is 31.3 Å². The first-order valence-electron chi connectivity index (χ1n) is 7.23. The van der Waals surface area contributed by atoms with Crippen molar-refractivity contribution in [2.45, 2.75) is 40.2 Å². The molecule has 0 aliphatic carbocycles. The van der Waals surface area contributed by atoms with Gasteiger partial charge in [-0.05, 0) is 32.9 Å². The molecule has 1 N–H and O–H groups in total. The Morgan fingerprint density at radius 2 is 1.65 bits per heavy atom. The van der Waals surface area contributed by atoms with Crippen molar-refractivity contribution in [2.24, 2.45) is 5.92 Å². The van der Waals surface area contributed by atoms with E-state index in [0.29, 0.717) is 25.6 Å². The fraction of sp³-hybridized carbons (Fsp3) is 0.923. The highest BCUT2D eigenvalue weighted by Crippen LogP contribution is 2.20. The molecule has 0 amide bonds. The zero-order chi connectivity index (χ0) is 15.4. The number of carboxylic acid groups (broad SMARTS) is 1. The van der Waals surface area contributed by atoms with Gasteiger partial charge in [-0.25, -0.2) is 0 Å². The van der Waals surface area contributed by atoms with Crippen molar-refractivity contribution in [3.8, 4) is 0 Å². The Morgan fingerprint density at radius 1 is 1.15 bits per heavy atom. The smallest absolute Gasteiger partial charge is 0.481 e. The first kappa shape index (κ1) is 19.9. The van der Waals surface area contributed by atoms with Crippen molar-refractivity contribution in [3.63, 3.8) is 0 Å². The third-order valence-electron chi connectivity index (χ3n) is 2.65. The molecule has 0 radical (unpaired) electrons. The van der Waals surface area contributed by atoms with Crippen LogP contribution in [-0.4, -0.2) is 51.2 Å². The second-order valence-corrected chi connectivity index (χ2v) is 8.28. The van der Waals surface area contributed by atoms with Crippen LogP contribution in [0.5, 0.6) is 0 Å². The highest BCUT2D eigenvalue weighted by atomic mass is 32.2. The second-order valence-electron chi connectivity index (χ2n) is 4.40. The Hall–Kier alpha value is -0.0831. The van der Waals surface area contributed by atoms with E-state index in [1.807, 2.05) is 20.8 Å².